The number of carbonyl (C=O) groups is 2. The highest BCUT2D eigenvalue weighted by Gasteiger charge is 2.24. The smallest absolute Gasteiger partial charge is 0.253 e. The van der Waals surface area contributed by atoms with Crippen LogP contribution in [-0.4, -0.2) is 61.4 Å². The van der Waals surface area contributed by atoms with E-state index in [1.54, 1.807) is 16.8 Å². The molecule has 6 heteroatoms. The van der Waals surface area contributed by atoms with Gasteiger partial charge in [-0.15, -0.1) is 0 Å². The lowest BCUT2D eigenvalue weighted by Gasteiger charge is -2.35. The molecule has 0 radical (unpaired) electrons. The summed E-state index contributed by atoms with van der Waals surface area (Å²) in [6.45, 7) is 2.71. The molecular formula is C20H22FN3O2. The third kappa shape index (κ3) is 4.26. The number of amides is 2. The van der Waals surface area contributed by atoms with Crippen molar-refractivity contribution in [2.45, 2.75) is 0 Å². The van der Waals surface area contributed by atoms with E-state index in [-0.39, 0.29) is 17.6 Å². The summed E-state index contributed by atoms with van der Waals surface area (Å²) >= 11 is 0. The molecule has 136 valence electrons. The van der Waals surface area contributed by atoms with Crippen molar-refractivity contribution in [1.29, 1.82) is 0 Å². The van der Waals surface area contributed by atoms with Gasteiger partial charge in [0.05, 0.1) is 6.54 Å². The van der Waals surface area contributed by atoms with Gasteiger partial charge in [-0.1, -0.05) is 18.2 Å². The molecule has 0 aliphatic carbocycles. The Bertz CT molecular complexity index is 756. The number of para-hydroxylation sites is 1. The van der Waals surface area contributed by atoms with E-state index in [9.17, 15) is 14.0 Å². The zero-order chi connectivity index (χ0) is 18.5. The maximum absolute atomic E-state index is 13.0. The van der Waals surface area contributed by atoms with Crippen molar-refractivity contribution in [3.63, 3.8) is 0 Å². The van der Waals surface area contributed by atoms with Crippen LogP contribution in [0.1, 0.15) is 10.4 Å². The first-order valence-corrected chi connectivity index (χ1v) is 8.63. The van der Waals surface area contributed by atoms with Crippen LogP contribution in [0, 0.1) is 5.82 Å². The Morgan fingerprint density at radius 1 is 0.962 bits per heavy atom. The average molecular weight is 355 g/mol. The molecule has 3 rings (SSSR count). The van der Waals surface area contributed by atoms with Crippen LogP contribution >= 0.6 is 0 Å². The van der Waals surface area contributed by atoms with Crippen LogP contribution in [-0.2, 0) is 4.79 Å². The van der Waals surface area contributed by atoms with Gasteiger partial charge in [-0.25, -0.2) is 4.39 Å². The van der Waals surface area contributed by atoms with Crippen LogP contribution in [0.5, 0.6) is 0 Å². The van der Waals surface area contributed by atoms with Crippen molar-refractivity contribution in [2.75, 3.05) is 44.7 Å². The number of anilines is 1. The molecule has 5 nitrogen and oxygen atoms in total. The van der Waals surface area contributed by atoms with Gasteiger partial charge in [0.2, 0.25) is 5.91 Å². The van der Waals surface area contributed by atoms with Crippen molar-refractivity contribution in [1.82, 2.24) is 9.80 Å². The summed E-state index contributed by atoms with van der Waals surface area (Å²) in [7, 11) is 1.77. The fourth-order valence-corrected chi connectivity index (χ4v) is 2.98. The number of likely N-dealkylation sites (N-methyl/N-ethyl adjacent to an activating group) is 1. The van der Waals surface area contributed by atoms with E-state index >= 15 is 0 Å². The molecule has 0 saturated carbocycles. The normalized spacial score (nSPS) is 14.9. The lowest BCUT2D eigenvalue weighted by molar-refractivity contribution is -0.119. The number of carbonyl (C=O) groups excluding carboxylic acids is 2. The lowest BCUT2D eigenvalue weighted by atomic mass is 10.1. The van der Waals surface area contributed by atoms with Crippen molar-refractivity contribution < 1.29 is 14.0 Å². The minimum atomic E-state index is -0.354. The number of piperazine rings is 1. The largest absolute Gasteiger partial charge is 0.336 e. The molecule has 2 aromatic rings. The SMILES string of the molecule is CN(C(=O)CN1CCN(C(=O)c2ccc(F)cc2)CC1)c1ccccc1. The van der Waals surface area contributed by atoms with E-state index < -0.39 is 0 Å². The maximum Gasteiger partial charge on any atom is 0.253 e. The van der Waals surface area contributed by atoms with E-state index in [1.165, 1.54) is 24.3 Å². The van der Waals surface area contributed by atoms with Crippen molar-refractivity contribution >= 4 is 17.5 Å². The molecular weight excluding hydrogens is 333 g/mol. The molecule has 1 heterocycles. The van der Waals surface area contributed by atoms with Gasteiger partial charge in [0.25, 0.3) is 5.91 Å². The lowest BCUT2D eigenvalue weighted by Crippen LogP contribution is -2.51. The first kappa shape index (κ1) is 18.1. The maximum atomic E-state index is 13.0. The Kier molecular flexibility index (Phi) is 5.63. The Morgan fingerprint density at radius 2 is 1.58 bits per heavy atom. The summed E-state index contributed by atoms with van der Waals surface area (Å²) in [5.41, 5.74) is 1.35. The average Bonchev–Trinajstić information content (AvgIpc) is 2.68. The summed E-state index contributed by atoms with van der Waals surface area (Å²) < 4.78 is 13.0. The third-order valence-corrected chi connectivity index (χ3v) is 4.63. The van der Waals surface area contributed by atoms with Crippen molar-refractivity contribution in [3.8, 4) is 0 Å². The fourth-order valence-electron chi connectivity index (χ4n) is 2.98. The quantitative estimate of drug-likeness (QED) is 0.845. The molecule has 2 amide bonds. The first-order chi connectivity index (χ1) is 12.5. The van der Waals surface area contributed by atoms with Gasteiger partial charge in [-0.05, 0) is 36.4 Å². The predicted octanol–water partition coefficient (Wildman–Crippen LogP) is 2.25. The first-order valence-electron chi connectivity index (χ1n) is 8.63. The summed E-state index contributed by atoms with van der Waals surface area (Å²) in [4.78, 5) is 30.3. The second-order valence-corrected chi connectivity index (χ2v) is 6.36. The number of benzene rings is 2. The monoisotopic (exact) mass is 355 g/mol. The molecule has 1 aliphatic heterocycles. The Hall–Kier alpha value is -2.73. The highest BCUT2D eigenvalue weighted by molar-refractivity contribution is 5.95. The Morgan fingerprint density at radius 3 is 2.19 bits per heavy atom. The highest BCUT2D eigenvalue weighted by atomic mass is 19.1. The number of hydrogen-bond acceptors (Lipinski definition) is 3. The topological polar surface area (TPSA) is 43.9 Å². The number of nitrogens with zero attached hydrogens (tertiary/aromatic N) is 3. The van der Waals surface area contributed by atoms with E-state index in [1.807, 2.05) is 30.3 Å². The third-order valence-electron chi connectivity index (χ3n) is 4.63. The fraction of sp³-hybridized carbons (Fsp3) is 0.300. The Balaban J connectivity index is 1.51. The van der Waals surface area contributed by atoms with Gasteiger partial charge in [0.1, 0.15) is 5.82 Å². The molecule has 1 aliphatic rings. The van der Waals surface area contributed by atoms with E-state index in [4.69, 9.17) is 0 Å². The molecule has 0 aromatic heterocycles. The van der Waals surface area contributed by atoms with Crippen LogP contribution in [0.15, 0.2) is 54.6 Å². The molecule has 0 N–H and O–H groups in total. The van der Waals surface area contributed by atoms with Gasteiger partial charge in [-0.3, -0.25) is 14.5 Å². The molecule has 0 spiro atoms. The van der Waals surface area contributed by atoms with Gasteiger partial charge < -0.3 is 9.80 Å². The van der Waals surface area contributed by atoms with Crippen molar-refractivity contribution in [2.24, 2.45) is 0 Å². The van der Waals surface area contributed by atoms with Crippen LogP contribution in [0.4, 0.5) is 10.1 Å². The van der Waals surface area contributed by atoms with E-state index in [0.717, 1.165) is 5.69 Å². The van der Waals surface area contributed by atoms with Crippen LogP contribution < -0.4 is 4.90 Å². The molecule has 0 bridgehead atoms. The zero-order valence-electron chi connectivity index (χ0n) is 14.8. The second-order valence-electron chi connectivity index (χ2n) is 6.36. The molecule has 1 fully saturated rings. The number of hydrogen-bond donors (Lipinski definition) is 0. The van der Waals surface area contributed by atoms with Crippen LogP contribution in [0.2, 0.25) is 0 Å². The number of halogens is 1. The molecule has 0 unspecified atom stereocenters. The van der Waals surface area contributed by atoms with Gasteiger partial charge >= 0.3 is 0 Å². The molecule has 26 heavy (non-hydrogen) atoms. The number of rotatable bonds is 4. The van der Waals surface area contributed by atoms with Gasteiger partial charge in [0.15, 0.2) is 0 Å². The minimum absolute atomic E-state index is 0.0227. The summed E-state index contributed by atoms with van der Waals surface area (Å²) in [6.07, 6.45) is 0. The van der Waals surface area contributed by atoms with Crippen LogP contribution in [0.3, 0.4) is 0 Å². The molecule has 1 saturated heterocycles. The standard InChI is InChI=1S/C20H22FN3O2/c1-22(18-5-3-2-4-6-18)19(25)15-23-11-13-24(14-12-23)20(26)16-7-9-17(21)10-8-16/h2-10H,11-15H2,1H3. The summed E-state index contributed by atoms with van der Waals surface area (Å²) in [6, 6.07) is 15.1. The van der Waals surface area contributed by atoms with E-state index in [2.05, 4.69) is 4.90 Å². The van der Waals surface area contributed by atoms with E-state index in [0.29, 0.717) is 38.3 Å². The van der Waals surface area contributed by atoms with Gasteiger partial charge in [-0.2, -0.15) is 0 Å². The highest BCUT2D eigenvalue weighted by Crippen LogP contribution is 2.13. The predicted molar refractivity (Wildman–Crippen MR) is 98.6 cm³/mol. The molecule has 0 atom stereocenters. The second kappa shape index (κ2) is 8.10. The van der Waals surface area contributed by atoms with Crippen molar-refractivity contribution in [3.05, 3.63) is 66.0 Å². The minimum Gasteiger partial charge on any atom is -0.336 e. The van der Waals surface area contributed by atoms with Crippen LogP contribution in [0.25, 0.3) is 0 Å². The Labute approximate surface area is 152 Å². The summed E-state index contributed by atoms with van der Waals surface area (Å²) in [5.74, 6) is -0.431. The van der Waals surface area contributed by atoms with Gasteiger partial charge in [0, 0.05) is 44.5 Å². The summed E-state index contributed by atoms with van der Waals surface area (Å²) in [5, 5.41) is 0. The molecule has 2 aromatic carbocycles. The zero-order valence-corrected chi connectivity index (χ0v) is 14.8.